The third-order valence-electron chi connectivity index (χ3n) is 28.5. The summed E-state index contributed by atoms with van der Waals surface area (Å²) in [5, 5.41) is 8.26. The van der Waals surface area contributed by atoms with Crippen LogP contribution in [-0.2, 0) is 0 Å². The number of ketones is 4. The summed E-state index contributed by atoms with van der Waals surface area (Å²) in [5.41, 5.74) is 36.3. The number of benzene rings is 16. The molecule has 114 heavy (non-hydrogen) atoms. The monoisotopic (exact) mass is 1450 g/mol. The molecule has 0 atom stereocenters. The minimum atomic E-state index is -0.495. The van der Waals surface area contributed by atoms with E-state index in [2.05, 4.69) is 324 Å². The first-order chi connectivity index (χ1) is 56.3. The van der Waals surface area contributed by atoms with Gasteiger partial charge in [-0.25, -0.2) is 0 Å². The average Bonchev–Trinajstić information content (AvgIpc) is 1.50. The first-order valence-electron chi connectivity index (χ1n) is 40.1. The molecule has 8 bridgehead atoms. The zero-order valence-electron chi connectivity index (χ0n) is 61.2. The molecular formula is C108H60N2O4. The summed E-state index contributed by atoms with van der Waals surface area (Å²) in [6, 6.07) is 114. The lowest BCUT2D eigenvalue weighted by Crippen LogP contribution is -2.19. The highest BCUT2D eigenvalue weighted by molar-refractivity contribution is 6.35. The molecule has 0 saturated heterocycles. The number of aromatic nitrogens is 2. The fourth-order valence-corrected chi connectivity index (χ4v) is 24.2. The summed E-state index contributed by atoms with van der Waals surface area (Å²) in [6.45, 7) is 0. The number of hydrogen-bond acceptors (Lipinski definition) is 4. The summed E-state index contributed by atoms with van der Waals surface area (Å²) in [7, 11) is 0. The first-order valence-corrected chi connectivity index (χ1v) is 40.1. The molecule has 0 amide bonds. The molecule has 0 radical (unpaired) electrons. The van der Waals surface area contributed by atoms with Gasteiger partial charge in [0.05, 0.1) is 56.8 Å². The number of hydrogen-bond donors (Lipinski definition) is 0. The smallest absolute Gasteiger partial charge is 0.175 e. The molecule has 0 saturated carbocycles. The standard InChI is InChI=1S/C108H60N2O4/c111-105-81-49-87-71(43-75(81)93-55-27-7-15-35-63(55)97(105)64-36-16-8-28-56(64)93)79-45-73(91(53-23-3-1-4-24-53)101-85-47-77-83(51-89(85)109(87)103(79)101)107(113)99-67-39-19-11-31-59(67)95(77)60-32-12-20-40-68(60)99)74-46-80-72-44-76-82(106(112)98-65-37-17-9-29-57(65)94(76)58-30-10-18-38-66(58)98)50-88(72)110-90-52-84-78(48-86(90)102(104(80)110)92(74)54-25-5-2-6-26-54)96-61-33-13-21-41-69(61)100(108(84)114)70-42-22-14-34-62(70)96/h1-52,93-100H. The Balaban J connectivity index is 0.831. The van der Waals surface area contributed by atoms with E-state index in [1.807, 2.05) is 0 Å². The van der Waals surface area contributed by atoms with Gasteiger partial charge in [0.15, 0.2) is 23.1 Å². The number of carbonyl (C=O) groups excluding carboxylic acids is 4. The van der Waals surface area contributed by atoms with Gasteiger partial charge in [0, 0.05) is 89.0 Å². The number of rotatable bonds is 3. The van der Waals surface area contributed by atoms with Crippen molar-refractivity contribution in [2.45, 2.75) is 47.3 Å². The van der Waals surface area contributed by atoms with Crippen LogP contribution >= 0.6 is 0 Å². The zero-order valence-corrected chi connectivity index (χ0v) is 61.2. The minimum absolute atomic E-state index is 0.0830. The molecule has 0 N–H and O–H groups in total. The summed E-state index contributed by atoms with van der Waals surface area (Å²) in [4.78, 5) is 65.4. The van der Waals surface area contributed by atoms with Crippen LogP contribution in [-0.4, -0.2) is 31.9 Å². The molecule has 12 aliphatic rings. The van der Waals surface area contributed by atoms with Crippen LogP contribution in [0.1, 0.15) is 200 Å². The lowest BCUT2D eigenvalue weighted by atomic mass is 9.72. The second-order valence-corrected chi connectivity index (χ2v) is 33.3. The van der Waals surface area contributed by atoms with Crippen molar-refractivity contribution in [2.75, 3.05) is 0 Å². The fourth-order valence-electron chi connectivity index (χ4n) is 24.2. The van der Waals surface area contributed by atoms with E-state index in [1.165, 1.54) is 0 Å². The van der Waals surface area contributed by atoms with Gasteiger partial charge >= 0.3 is 0 Å². The van der Waals surface area contributed by atoms with Crippen LogP contribution in [0.25, 0.3) is 110 Å². The quantitative estimate of drug-likeness (QED) is 0.177. The topological polar surface area (TPSA) is 77.1 Å². The Kier molecular flexibility index (Phi) is 11.2. The predicted molar refractivity (Wildman–Crippen MR) is 452 cm³/mol. The van der Waals surface area contributed by atoms with Crippen LogP contribution in [0, 0.1) is 0 Å². The van der Waals surface area contributed by atoms with E-state index in [9.17, 15) is 0 Å². The molecule has 12 aliphatic carbocycles. The van der Waals surface area contributed by atoms with Crippen molar-refractivity contribution in [1.82, 2.24) is 8.80 Å². The minimum Gasteiger partial charge on any atom is -0.308 e. The Bertz CT molecular complexity index is 7350. The molecule has 4 heterocycles. The first kappa shape index (κ1) is 60.6. The van der Waals surface area contributed by atoms with Crippen LogP contribution in [0.2, 0.25) is 0 Å². The average molecular weight is 1450 g/mol. The molecule has 6 nitrogen and oxygen atoms in total. The predicted octanol–water partition coefficient (Wildman–Crippen LogP) is 24.3. The van der Waals surface area contributed by atoms with Crippen molar-refractivity contribution in [3.8, 4) is 33.4 Å². The number of Topliss-reactive ketones (excluding diaryl/α,β-unsaturated/α-hetero) is 4. The second-order valence-electron chi connectivity index (χ2n) is 33.3. The highest BCUT2D eigenvalue weighted by Crippen LogP contribution is 2.62. The van der Waals surface area contributed by atoms with Gasteiger partial charge in [0.25, 0.3) is 0 Å². The van der Waals surface area contributed by atoms with Gasteiger partial charge in [0.2, 0.25) is 0 Å². The SMILES string of the molecule is O=C1c2cc3c(cc2C2c4ccccc4C1c1ccccc12)c1cc(-c2cc4c5cc6c(cc5n5c7cc8c(cc7c(c2-c2ccccc2)c45)C2c4ccccc4C(C8=O)c4ccccc42)C(=O)C2c4ccccc4C6c4ccccc42)c(-c2ccccc2)c2c4cc5c(cc4n3c12)C(=O)C1c2ccccc2C5c2ccccc21. The van der Waals surface area contributed by atoms with Gasteiger partial charge in [-0.15, -0.1) is 0 Å². The van der Waals surface area contributed by atoms with Crippen LogP contribution in [0.15, 0.2) is 315 Å². The Hall–Kier alpha value is -14.2. The summed E-state index contributed by atoms with van der Waals surface area (Å²) < 4.78 is 4.87. The van der Waals surface area contributed by atoms with Crippen molar-refractivity contribution in [3.05, 3.63) is 449 Å². The van der Waals surface area contributed by atoms with E-state index in [-0.39, 0.29) is 46.8 Å². The molecule has 0 aliphatic heterocycles. The normalized spacial score (nSPS) is 19.8. The maximum absolute atomic E-state index is 16.4. The fraction of sp³-hybridized carbons (Fsp3) is 0.0741. The van der Waals surface area contributed by atoms with Crippen LogP contribution in [0.4, 0.5) is 0 Å². The largest absolute Gasteiger partial charge is 0.308 e. The Labute approximate surface area is 652 Å². The lowest BCUT2D eigenvalue weighted by Gasteiger charge is -2.30. The molecule has 16 aromatic carbocycles. The molecular weight excluding hydrogens is 1390 g/mol. The van der Waals surface area contributed by atoms with Crippen LogP contribution in [0.3, 0.4) is 0 Å². The van der Waals surface area contributed by atoms with E-state index in [4.69, 9.17) is 0 Å². The molecule has 6 heteroatoms. The summed E-state index contributed by atoms with van der Waals surface area (Å²) in [6.07, 6.45) is 0. The van der Waals surface area contributed by atoms with Crippen molar-refractivity contribution in [2.24, 2.45) is 0 Å². The van der Waals surface area contributed by atoms with Crippen LogP contribution < -0.4 is 0 Å². The van der Waals surface area contributed by atoms with Gasteiger partial charge in [-0.1, -0.05) is 255 Å². The Morgan fingerprint density at radius 2 is 0.377 bits per heavy atom. The number of carbonyl (C=O) groups is 4. The van der Waals surface area contributed by atoms with Crippen molar-refractivity contribution < 1.29 is 19.2 Å². The van der Waals surface area contributed by atoms with Crippen molar-refractivity contribution >= 4 is 99.3 Å². The van der Waals surface area contributed by atoms with Gasteiger partial charge in [-0.2, -0.15) is 0 Å². The third-order valence-corrected chi connectivity index (χ3v) is 28.5. The Morgan fingerprint density at radius 1 is 0.175 bits per heavy atom. The molecule has 32 rings (SSSR count). The lowest BCUT2D eigenvalue weighted by molar-refractivity contribution is 0.0966. The molecule has 4 aromatic heterocycles. The highest BCUT2D eigenvalue weighted by Gasteiger charge is 2.49. The van der Waals surface area contributed by atoms with Gasteiger partial charge in [-0.3, -0.25) is 19.2 Å². The zero-order chi connectivity index (χ0) is 74.3. The van der Waals surface area contributed by atoms with Gasteiger partial charge in [0.1, 0.15) is 0 Å². The van der Waals surface area contributed by atoms with E-state index in [0.29, 0.717) is 22.3 Å². The summed E-state index contributed by atoms with van der Waals surface area (Å²) in [5.74, 6) is -2.55. The molecule has 0 unspecified atom stereocenters. The van der Waals surface area contributed by atoms with E-state index < -0.39 is 23.7 Å². The number of nitrogens with zero attached hydrogens (tertiary/aromatic N) is 2. The van der Waals surface area contributed by atoms with Gasteiger partial charge in [-0.05, 0) is 205 Å². The van der Waals surface area contributed by atoms with Gasteiger partial charge < -0.3 is 8.80 Å². The van der Waals surface area contributed by atoms with Crippen molar-refractivity contribution in [3.63, 3.8) is 0 Å². The van der Waals surface area contributed by atoms with E-state index >= 15 is 19.2 Å². The molecule has 0 fully saturated rings. The maximum atomic E-state index is 16.4. The van der Waals surface area contributed by atoms with Crippen molar-refractivity contribution in [1.29, 1.82) is 0 Å². The maximum Gasteiger partial charge on any atom is 0.175 e. The van der Waals surface area contributed by atoms with E-state index in [1.54, 1.807) is 0 Å². The number of fused-ring (bicyclic) bond motifs is 12. The summed E-state index contributed by atoms with van der Waals surface area (Å²) >= 11 is 0. The molecule has 526 valence electrons. The molecule has 20 aromatic rings. The Morgan fingerprint density at radius 3 is 0.614 bits per heavy atom. The third kappa shape index (κ3) is 7.16. The highest BCUT2D eigenvalue weighted by atomic mass is 16.1. The van der Waals surface area contributed by atoms with Crippen LogP contribution in [0.5, 0.6) is 0 Å². The van der Waals surface area contributed by atoms with E-state index in [0.717, 1.165) is 221 Å². The second kappa shape index (κ2) is 21.1. The molecule has 0 spiro atoms.